The first-order chi connectivity index (χ1) is 8.58. The van der Waals surface area contributed by atoms with E-state index in [1.165, 1.54) is 0 Å². The van der Waals surface area contributed by atoms with Crippen molar-refractivity contribution in [1.29, 1.82) is 0 Å². The number of rotatable bonds is 3. The van der Waals surface area contributed by atoms with Crippen LogP contribution >= 0.6 is 34.4 Å². The third kappa shape index (κ3) is 3.17. The lowest BCUT2D eigenvalue weighted by atomic mass is 10.1. The first kappa shape index (κ1) is 13.7. The van der Waals surface area contributed by atoms with Crippen molar-refractivity contribution in [3.8, 4) is 0 Å². The van der Waals surface area contributed by atoms with E-state index in [1.807, 2.05) is 22.6 Å². The molecule has 1 aliphatic rings. The van der Waals surface area contributed by atoms with E-state index in [9.17, 15) is 9.59 Å². The minimum absolute atomic E-state index is 0.00378. The minimum atomic E-state index is -1.02. The van der Waals surface area contributed by atoms with Gasteiger partial charge in [-0.25, -0.2) is 4.79 Å². The van der Waals surface area contributed by atoms with Crippen molar-refractivity contribution in [2.45, 2.75) is 6.42 Å². The van der Waals surface area contributed by atoms with Crippen LogP contribution in [0.1, 0.15) is 16.8 Å². The highest BCUT2D eigenvalue weighted by Gasteiger charge is 2.24. The van der Waals surface area contributed by atoms with Gasteiger partial charge in [0, 0.05) is 15.2 Å². The highest BCUT2D eigenvalue weighted by atomic mass is 127. The molecular formula is C12H12INO3S. The van der Waals surface area contributed by atoms with Gasteiger partial charge >= 0.3 is 5.97 Å². The maximum Gasteiger partial charge on any atom is 0.337 e. The average Bonchev–Trinajstić information content (AvgIpc) is 2.84. The van der Waals surface area contributed by atoms with Crippen LogP contribution in [0.5, 0.6) is 0 Å². The van der Waals surface area contributed by atoms with Crippen molar-refractivity contribution in [2.24, 2.45) is 5.92 Å². The molecule has 6 heteroatoms. The molecule has 0 bridgehead atoms. The van der Waals surface area contributed by atoms with Gasteiger partial charge in [0.15, 0.2) is 0 Å². The zero-order valence-corrected chi connectivity index (χ0v) is 12.5. The van der Waals surface area contributed by atoms with Crippen LogP contribution in [0.25, 0.3) is 0 Å². The summed E-state index contributed by atoms with van der Waals surface area (Å²) in [6, 6.07) is 4.99. The molecule has 18 heavy (non-hydrogen) atoms. The molecule has 1 aromatic carbocycles. The number of carboxylic acid groups (broad SMARTS) is 1. The van der Waals surface area contributed by atoms with Gasteiger partial charge in [0.2, 0.25) is 5.91 Å². The molecule has 0 saturated carbocycles. The standard InChI is InChI=1S/C12H12INO3S/c13-8-1-2-10(9(5-8)12(16)17)14-11(15)7-3-4-18-6-7/h1-2,5,7H,3-4,6H2,(H,14,15)(H,16,17). The largest absolute Gasteiger partial charge is 0.478 e. The molecule has 1 unspecified atom stereocenters. The van der Waals surface area contributed by atoms with Crippen molar-refractivity contribution < 1.29 is 14.7 Å². The second-order valence-electron chi connectivity index (χ2n) is 4.04. The third-order valence-electron chi connectivity index (χ3n) is 2.77. The first-order valence-corrected chi connectivity index (χ1v) is 7.72. The Morgan fingerprint density at radius 2 is 2.22 bits per heavy atom. The Balaban J connectivity index is 2.17. The molecule has 1 fully saturated rings. The monoisotopic (exact) mass is 377 g/mol. The van der Waals surface area contributed by atoms with Crippen molar-refractivity contribution in [2.75, 3.05) is 16.8 Å². The Morgan fingerprint density at radius 1 is 1.44 bits per heavy atom. The molecule has 2 N–H and O–H groups in total. The van der Waals surface area contributed by atoms with Gasteiger partial charge in [0.1, 0.15) is 0 Å². The summed E-state index contributed by atoms with van der Waals surface area (Å²) in [5.74, 6) is 0.707. The molecule has 0 aromatic heterocycles. The molecule has 4 nitrogen and oxygen atoms in total. The number of thioether (sulfide) groups is 1. The molecule has 1 aliphatic heterocycles. The van der Waals surface area contributed by atoms with Crippen LogP contribution in [0, 0.1) is 9.49 Å². The quantitative estimate of drug-likeness (QED) is 0.795. The highest BCUT2D eigenvalue weighted by Crippen LogP contribution is 2.26. The second kappa shape index (κ2) is 5.92. The van der Waals surface area contributed by atoms with Gasteiger partial charge in [-0.3, -0.25) is 4.79 Å². The fourth-order valence-electron chi connectivity index (χ4n) is 1.78. The molecule has 0 radical (unpaired) electrons. The summed E-state index contributed by atoms with van der Waals surface area (Å²) in [4.78, 5) is 23.1. The number of carboxylic acids is 1. The van der Waals surface area contributed by atoms with E-state index in [1.54, 1.807) is 30.0 Å². The van der Waals surface area contributed by atoms with E-state index in [4.69, 9.17) is 5.11 Å². The van der Waals surface area contributed by atoms with Crippen LogP contribution < -0.4 is 5.32 Å². The Labute approximate surface area is 123 Å². The van der Waals surface area contributed by atoms with Gasteiger partial charge < -0.3 is 10.4 Å². The number of halogens is 1. The van der Waals surface area contributed by atoms with Gasteiger partial charge in [0.25, 0.3) is 0 Å². The summed E-state index contributed by atoms with van der Waals surface area (Å²) in [7, 11) is 0. The van der Waals surface area contributed by atoms with Gasteiger partial charge in [0.05, 0.1) is 11.3 Å². The molecular weight excluding hydrogens is 365 g/mol. The fourth-order valence-corrected chi connectivity index (χ4v) is 3.49. The summed E-state index contributed by atoms with van der Waals surface area (Å²) >= 11 is 3.80. The van der Waals surface area contributed by atoms with Crippen LogP contribution in [0.2, 0.25) is 0 Å². The predicted molar refractivity (Wildman–Crippen MR) is 80.2 cm³/mol. The topological polar surface area (TPSA) is 66.4 Å². The minimum Gasteiger partial charge on any atom is -0.478 e. The van der Waals surface area contributed by atoms with E-state index in [0.717, 1.165) is 21.5 Å². The third-order valence-corrected chi connectivity index (χ3v) is 4.60. The summed E-state index contributed by atoms with van der Waals surface area (Å²) in [5, 5.41) is 11.8. The molecule has 0 aliphatic carbocycles. The van der Waals surface area contributed by atoms with E-state index in [2.05, 4.69) is 5.32 Å². The maximum atomic E-state index is 12.0. The summed E-state index contributed by atoms with van der Waals surface area (Å²) in [6.07, 6.45) is 0.864. The van der Waals surface area contributed by atoms with Crippen LogP contribution in [-0.2, 0) is 4.79 Å². The van der Waals surface area contributed by atoms with Gasteiger partial charge in [-0.05, 0) is 53.0 Å². The summed E-state index contributed by atoms with van der Waals surface area (Å²) in [5.41, 5.74) is 0.519. The van der Waals surface area contributed by atoms with E-state index >= 15 is 0 Å². The van der Waals surface area contributed by atoms with Crippen LogP contribution in [0.15, 0.2) is 18.2 Å². The molecule has 2 rings (SSSR count). The lowest BCUT2D eigenvalue weighted by Gasteiger charge is -2.12. The number of carbonyl (C=O) groups excluding carboxylic acids is 1. The molecule has 0 spiro atoms. The molecule has 1 saturated heterocycles. The number of nitrogens with one attached hydrogen (secondary N) is 1. The van der Waals surface area contributed by atoms with Gasteiger partial charge in [-0.2, -0.15) is 11.8 Å². The Kier molecular flexibility index (Phi) is 4.50. The van der Waals surface area contributed by atoms with Crippen LogP contribution in [0.3, 0.4) is 0 Å². The number of hydrogen-bond acceptors (Lipinski definition) is 3. The Hall–Kier alpha value is -0.760. The normalized spacial score (nSPS) is 18.6. The smallest absolute Gasteiger partial charge is 0.337 e. The van der Waals surface area contributed by atoms with Crippen molar-refractivity contribution in [1.82, 2.24) is 0 Å². The molecule has 1 aromatic rings. The Morgan fingerprint density at radius 3 is 2.83 bits per heavy atom. The number of hydrogen-bond donors (Lipinski definition) is 2. The maximum absolute atomic E-state index is 12.0. The SMILES string of the molecule is O=C(O)c1cc(I)ccc1NC(=O)C1CCSC1. The number of benzene rings is 1. The van der Waals surface area contributed by atoms with Crippen molar-refractivity contribution in [3.63, 3.8) is 0 Å². The van der Waals surface area contributed by atoms with E-state index < -0.39 is 5.97 Å². The Bertz CT molecular complexity index is 486. The first-order valence-electron chi connectivity index (χ1n) is 5.49. The zero-order valence-electron chi connectivity index (χ0n) is 9.48. The van der Waals surface area contributed by atoms with E-state index in [0.29, 0.717) is 5.69 Å². The lowest BCUT2D eigenvalue weighted by molar-refractivity contribution is -0.119. The molecule has 1 heterocycles. The fraction of sp³-hybridized carbons (Fsp3) is 0.333. The summed E-state index contributed by atoms with van der Waals surface area (Å²) < 4.78 is 0.833. The molecule has 1 amide bonds. The van der Waals surface area contributed by atoms with Crippen LogP contribution in [-0.4, -0.2) is 28.5 Å². The molecule has 1 atom stereocenters. The predicted octanol–water partition coefficient (Wildman–Crippen LogP) is 2.68. The van der Waals surface area contributed by atoms with Gasteiger partial charge in [-0.1, -0.05) is 0 Å². The highest BCUT2D eigenvalue weighted by molar-refractivity contribution is 14.1. The van der Waals surface area contributed by atoms with Crippen molar-refractivity contribution >= 4 is 51.9 Å². The number of aromatic carboxylic acids is 1. The number of anilines is 1. The average molecular weight is 377 g/mol. The lowest BCUT2D eigenvalue weighted by Crippen LogP contribution is -2.23. The number of carbonyl (C=O) groups is 2. The molecule has 96 valence electrons. The van der Waals surface area contributed by atoms with Crippen LogP contribution in [0.4, 0.5) is 5.69 Å². The number of amides is 1. The van der Waals surface area contributed by atoms with Crippen molar-refractivity contribution in [3.05, 3.63) is 27.3 Å². The van der Waals surface area contributed by atoms with Gasteiger partial charge in [-0.15, -0.1) is 0 Å². The summed E-state index contributed by atoms with van der Waals surface area (Å²) in [6.45, 7) is 0. The zero-order chi connectivity index (χ0) is 13.1. The van der Waals surface area contributed by atoms with E-state index in [-0.39, 0.29) is 17.4 Å². The second-order valence-corrected chi connectivity index (χ2v) is 6.44.